The van der Waals surface area contributed by atoms with E-state index >= 15 is 0 Å². The lowest BCUT2D eigenvalue weighted by molar-refractivity contribution is -0.130. The summed E-state index contributed by atoms with van der Waals surface area (Å²) in [5.74, 6) is -1.09. The van der Waals surface area contributed by atoms with Crippen LogP contribution in [0.1, 0.15) is 29.8 Å². The van der Waals surface area contributed by atoms with Gasteiger partial charge in [-0.15, -0.1) is 0 Å². The van der Waals surface area contributed by atoms with E-state index in [1.165, 1.54) is 27.0 Å². The zero-order valence-corrected chi connectivity index (χ0v) is 11.2. The molecule has 0 spiro atoms. The number of ether oxygens (including phenoxy) is 1. The summed E-state index contributed by atoms with van der Waals surface area (Å²) in [6, 6.07) is 4.66. The molecular formula is C13H18N2O4. The van der Waals surface area contributed by atoms with Gasteiger partial charge >= 0.3 is 5.97 Å². The second-order valence-corrected chi connectivity index (χ2v) is 4.58. The van der Waals surface area contributed by atoms with Gasteiger partial charge < -0.3 is 20.9 Å². The van der Waals surface area contributed by atoms with Crippen molar-refractivity contribution in [2.24, 2.45) is 5.73 Å². The SMILES string of the molecule is COC(=O)c1ccc(CN)c(NC(=O)C(C)(C)O)c1. The van der Waals surface area contributed by atoms with Crippen LogP contribution in [0, 0.1) is 0 Å². The monoisotopic (exact) mass is 266 g/mol. The van der Waals surface area contributed by atoms with Crippen LogP contribution in [-0.2, 0) is 16.1 Å². The fourth-order valence-electron chi connectivity index (χ4n) is 1.39. The molecule has 1 aromatic rings. The highest BCUT2D eigenvalue weighted by Gasteiger charge is 2.24. The molecule has 0 aliphatic heterocycles. The maximum absolute atomic E-state index is 11.7. The number of nitrogens with one attached hydrogen (secondary N) is 1. The second-order valence-electron chi connectivity index (χ2n) is 4.58. The minimum absolute atomic E-state index is 0.197. The fourth-order valence-corrected chi connectivity index (χ4v) is 1.39. The molecule has 1 aromatic carbocycles. The molecule has 0 saturated carbocycles. The Morgan fingerprint density at radius 2 is 2.05 bits per heavy atom. The van der Waals surface area contributed by atoms with Gasteiger partial charge in [0.2, 0.25) is 0 Å². The highest BCUT2D eigenvalue weighted by molar-refractivity contribution is 5.98. The number of aliphatic hydroxyl groups is 1. The van der Waals surface area contributed by atoms with Crippen molar-refractivity contribution in [1.29, 1.82) is 0 Å². The van der Waals surface area contributed by atoms with Crippen molar-refractivity contribution in [3.8, 4) is 0 Å². The number of anilines is 1. The van der Waals surface area contributed by atoms with E-state index in [4.69, 9.17) is 5.73 Å². The topological polar surface area (TPSA) is 102 Å². The van der Waals surface area contributed by atoms with Crippen molar-refractivity contribution in [3.05, 3.63) is 29.3 Å². The summed E-state index contributed by atoms with van der Waals surface area (Å²) >= 11 is 0. The highest BCUT2D eigenvalue weighted by Crippen LogP contribution is 2.19. The van der Waals surface area contributed by atoms with Gasteiger partial charge in [0.05, 0.1) is 12.7 Å². The number of carbonyl (C=O) groups excluding carboxylic acids is 2. The molecular weight excluding hydrogens is 248 g/mol. The number of benzene rings is 1. The first kappa shape index (κ1) is 15.1. The third-order valence-electron chi connectivity index (χ3n) is 2.55. The lowest BCUT2D eigenvalue weighted by atomic mass is 10.1. The quantitative estimate of drug-likeness (QED) is 0.694. The fraction of sp³-hybridized carbons (Fsp3) is 0.385. The zero-order valence-electron chi connectivity index (χ0n) is 11.2. The van der Waals surface area contributed by atoms with Crippen LogP contribution >= 0.6 is 0 Å². The number of rotatable bonds is 4. The largest absolute Gasteiger partial charge is 0.465 e. The highest BCUT2D eigenvalue weighted by atomic mass is 16.5. The third-order valence-corrected chi connectivity index (χ3v) is 2.55. The van der Waals surface area contributed by atoms with Gasteiger partial charge in [0, 0.05) is 12.2 Å². The molecule has 1 amide bonds. The molecule has 6 heteroatoms. The van der Waals surface area contributed by atoms with Crippen LogP contribution in [0.25, 0.3) is 0 Å². The van der Waals surface area contributed by atoms with Gasteiger partial charge in [0.1, 0.15) is 5.60 Å². The van der Waals surface area contributed by atoms with Crippen LogP contribution in [0.3, 0.4) is 0 Å². The molecule has 0 unspecified atom stereocenters. The van der Waals surface area contributed by atoms with Crippen LogP contribution in [0.5, 0.6) is 0 Å². The zero-order chi connectivity index (χ0) is 14.6. The van der Waals surface area contributed by atoms with Gasteiger partial charge in [-0.25, -0.2) is 4.79 Å². The number of hydrogen-bond acceptors (Lipinski definition) is 5. The first-order chi connectivity index (χ1) is 8.79. The van der Waals surface area contributed by atoms with Gasteiger partial charge in [0.15, 0.2) is 0 Å². The Hall–Kier alpha value is -1.92. The van der Waals surface area contributed by atoms with Crippen molar-refractivity contribution in [3.63, 3.8) is 0 Å². The lowest BCUT2D eigenvalue weighted by Gasteiger charge is -2.18. The van der Waals surface area contributed by atoms with Crippen LogP contribution in [0.4, 0.5) is 5.69 Å². The summed E-state index contributed by atoms with van der Waals surface area (Å²) in [6.07, 6.45) is 0. The summed E-state index contributed by atoms with van der Waals surface area (Å²) in [5, 5.41) is 12.1. The van der Waals surface area contributed by atoms with Gasteiger partial charge in [0.25, 0.3) is 5.91 Å². The number of carbonyl (C=O) groups is 2. The van der Waals surface area contributed by atoms with Gasteiger partial charge in [-0.3, -0.25) is 4.79 Å². The van der Waals surface area contributed by atoms with E-state index in [0.717, 1.165) is 0 Å². The summed E-state index contributed by atoms with van der Waals surface area (Å²) in [6.45, 7) is 2.94. The standard InChI is InChI=1S/C13H18N2O4/c1-13(2,18)12(17)15-10-6-8(11(16)19-3)4-5-9(10)7-14/h4-6,18H,7,14H2,1-3H3,(H,15,17). The van der Waals surface area contributed by atoms with Gasteiger partial charge in [-0.05, 0) is 31.5 Å². The summed E-state index contributed by atoms with van der Waals surface area (Å²) in [4.78, 5) is 23.2. The Morgan fingerprint density at radius 3 is 2.53 bits per heavy atom. The molecule has 0 radical (unpaired) electrons. The van der Waals surface area contributed by atoms with E-state index < -0.39 is 17.5 Å². The Kier molecular flexibility index (Phi) is 4.63. The van der Waals surface area contributed by atoms with Crippen molar-refractivity contribution in [1.82, 2.24) is 0 Å². The number of methoxy groups -OCH3 is 1. The Morgan fingerprint density at radius 1 is 1.42 bits per heavy atom. The Labute approximate surface area is 111 Å². The molecule has 6 nitrogen and oxygen atoms in total. The van der Waals surface area contributed by atoms with E-state index in [0.29, 0.717) is 16.8 Å². The van der Waals surface area contributed by atoms with Crippen LogP contribution < -0.4 is 11.1 Å². The van der Waals surface area contributed by atoms with Crippen molar-refractivity contribution < 1.29 is 19.4 Å². The van der Waals surface area contributed by atoms with Crippen molar-refractivity contribution >= 4 is 17.6 Å². The summed E-state index contributed by atoms with van der Waals surface area (Å²) in [5.41, 5.74) is 5.38. The number of amides is 1. The molecule has 0 saturated heterocycles. The van der Waals surface area contributed by atoms with E-state index in [2.05, 4.69) is 10.1 Å². The molecule has 1 rings (SSSR count). The number of hydrogen-bond donors (Lipinski definition) is 3. The van der Waals surface area contributed by atoms with Crippen molar-refractivity contribution in [2.75, 3.05) is 12.4 Å². The van der Waals surface area contributed by atoms with E-state index in [1.54, 1.807) is 12.1 Å². The lowest BCUT2D eigenvalue weighted by Crippen LogP contribution is -2.37. The third kappa shape index (κ3) is 3.77. The number of nitrogens with two attached hydrogens (primary N) is 1. The molecule has 0 heterocycles. The smallest absolute Gasteiger partial charge is 0.337 e. The minimum atomic E-state index is -1.52. The molecule has 0 bridgehead atoms. The summed E-state index contributed by atoms with van der Waals surface area (Å²) in [7, 11) is 1.27. The molecule has 0 atom stereocenters. The van der Waals surface area contributed by atoms with E-state index in [1.807, 2.05) is 0 Å². The second kappa shape index (κ2) is 5.81. The molecule has 0 aromatic heterocycles. The summed E-state index contributed by atoms with van der Waals surface area (Å²) < 4.78 is 4.60. The molecule has 4 N–H and O–H groups in total. The normalized spacial score (nSPS) is 11.0. The average molecular weight is 266 g/mol. The van der Waals surface area contributed by atoms with E-state index in [9.17, 15) is 14.7 Å². The average Bonchev–Trinajstić information content (AvgIpc) is 2.36. The van der Waals surface area contributed by atoms with Gasteiger partial charge in [-0.1, -0.05) is 6.07 Å². The van der Waals surface area contributed by atoms with Gasteiger partial charge in [-0.2, -0.15) is 0 Å². The first-order valence-electron chi connectivity index (χ1n) is 5.74. The molecule has 104 valence electrons. The molecule has 0 aliphatic rings. The minimum Gasteiger partial charge on any atom is -0.465 e. The van der Waals surface area contributed by atoms with E-state index in [-0.39, 0.29) is 6.54 Å². The first-order valence-corrected chi connectivity index (χ1v) is 5.74. The molecule has 0 fully saturated rings. The molecule has 0 aliphatic carbocycles. The van der Waals surface area contributed by atoms with Crippen LogP contribution in [0.15, 0.2) is 18.2 Å². The van der Waals surface area contributed by atoms with Crippen LogP contribution in [0.2, 0.25) is 0 Å². The number of esters is 1. The molecule has 19 heavy (non-hydrogen) atoms. The Balaban J connectivity index is 3.10. The maximum atomic E-state index is 11.7. The van der Waals surface area contributed by atoms with Crippen molar-refractivity contribution in [2.45, 2.75) is 26.0 Å². The maximum Gasteiger partial charge on any atom is 0.337 e. The predicted octanol–water partition coefficient (Wildman–Crippen LogP) is 0.641. The Bertz CT molecular complexity index is 492. The van der Waals surface area contributed by atoms with Crippen LogP contribution in [-0.4, -0.2) is 29.7 Å². The predicted molar refractivity (Wildman–Crippen MR) is 70.6 cm³/mol.